The highest BCUT2D eigenvalue weighted by Crippen LogP contribution is 2.28. The molecule has 4 unspecified atom stereocenters. The van der Waals surface area contributed by atoms with Crippen molar-refractivity contribution in [3.63, 3.8) is 0 Å². The first-order chi connectivity index (χ1) is 14.7. The summed E-state index contributed by atoms with van der Waals surface area (Å²) in [7, 11) is 4.61. The molecule has 0 amide bonds. The molecule has 2 saturated heterocycles. The predicted molar refractivity (Wildman–Crippen MR) is 126 cm³/mol. The van der Waals surface area contributed by atoms with Crippen LogP contribution < -0.4 is 0 Å². The normalized spacial score (nSPS) is 30.1. The van der Waals surface area contributed by atoms with Crippen molar-refractivity contribution in [3.8, 4) is 0 Å². The average molecular weight is 407 g/mol. The smallest absolute Gasteiger partial charge is 0.0361 e. The van der Waals surface area contributed by atoms with Crippen molar-refractivity contribution in [1.29, 1.82) is 0 Å². The second-order valence-corrected chi connectivity index (χ2v) is 9.09. The van der Waals surface area contributed by atoms with Crippen LogP contribution in [0, 0.1) is 0 Å². The van der Waals surface area contributed by atoms with Crippen molar-refractivity contribution in [2.75, 3.05) is 66.5 Å². The van der Waals surface area contributed by atoms with Gasteiger partial charge < -0.3 is 9.80 Å². The van der Waals surface area contributed by atoms with Gasteiger partial charge in [0.25, 0.3) is 0 Å². The highest BCUT2D eigenvalue weighted by Gasteiger charge is 2.26. The molecule has 0 N–H and O–H groups in total. The maximum atomic E-state index is 2.76. The quantitative estimate of drug-likeness (QED) is 0.753. The Kier molecular flexibility index (Phi) is 7.56. The summed E-state index contributed by atoms with van der Waals surface area (Å²) in [5, 5.41) is 0. The van der Waals surface area contributed by atoms with Crippen molar-refractivity contribution < 1.29 is 0 Å². The lowest BCUT2D eigenvalue weighted by atomic mass is 9.99. The highest BCUT2D eigenvalue weighted by molar-refractivity contribution is 5.20. The van der Waals surface area contributed by atoms with E-state index in [-0.39, 0.29) is 0 Å². The molecule has 162 valence electrons. The fraction of sp³-hybridized carbons (Fsp3) is 0.538. The van der Waals surface area contributed by atoms with Gasteiger partial charge in [0.05, 0.1) is 0 Å². The molecule has 4 heteroatoms. The van der Waals surface area contributed by atoms with E-state index in [0.29, 0.717) is 12.1 Å². The van der Waals surface area contributed by atoms with Gasteiger partial charge in [-0.15, -0.1) is 0 Å². The second-order valence-electron chi connectivity index (χ2n) is 9.09. The van der Waals surface area contributed by atoms with E-state index < -0.39 is 0 Å². The van der Waals surface area contributed by atoms with E-state index >= 15 is 0 Å². The van der Waals surface area contributed by atoms with Gasteiger partial charge in [0.15, 0.2) is 0 Å². The summed E-state index contributed by atoms with van der Waals surface area (Å²) in [6.07, 6.45) is 2.40. The Morgan fingerprint density at radius 2 is 1.13 bits per heavy atom. The van der Waals surface area contributed by atoms with Gasteiger partial charge in [0, 0.05) is 57.9 Å². The maximum Gasteiger partial charge on any atom is 0.0361 e. The van der Waals surface area contributed by atoms with Crippen molar-refractivity contribution in [1.82, 2.24) is 19.6 Å². The Morgan fingerprint density at radius 3 is 1.83 bits per heavy atom. The van der Waals surface area contributed by atoms with Gasteiger partial charge in [-0.3, -0.25) is 9.80 Å². The van der Waals surface area contributed by atoms with Crippen LogP contribution >= 0.6 is 0 Å². The van der Waals surface area contributed by atoms with E-state index in [1.54, 1.807) is 0 Å². The second kappa shape index (κ2) is 10.5. The Bertz CT molecular complexity index is 750. The molecule has 2 fully saturated rings. The Morgan fingerprint density at radius 1 is 0.567 bits per heavy atom. The van der Waals surface area contributed by atoms with Gasteiger partial charge in [-0.2, -0.15) is 0 Å². The molecule has 0 aliphatic carbocycles. The maximum absolute atomic E-state index is 2.76. The summed E-state index contributed by atoms with van der Waals surface area (Å²) in [6, 6.07) is 23.3. The molecule has 0 saturated carbocycles. The standard InChI is InChI=1S/C26H38N4/c1-27-15-13-26(24-11-7-4-8-12-24)30-21-18-28(2)25(23-9-5-3-6-10-23)14-16-29(19-17-27)20-22-30/h3-12,25-26H,13-22H2,1-2H3. The van der Waals surface area contributed by atoms with Crippen LogP contribution in [0.25, 0.3) is 0 Å². The molecular weight excluding hydrogens is 368 g/mol. The van der Waals surface area contributed by atoms with Crippen LogP contribution in [0.1, 0.15) is 36.1 Å². The zero-order valence-electron chi connectivity index (χ0n) is 18.8. The van der Waals surface area contributed by atoms with Crippen LogP contribution in [0.3, 0.4) is 0 Å². The van der Waals surface area contributed by atoms with Gasteiger partial charge in [-0.25, -0.2) is 0 Å². The molecule has 2 aliphatic heterocycles. The largest absolute Gasteiger partial charge is 0.305 e. The van der Waals surface area contributed by atoms with Gasteiger partial charge in [0.1, 0.15) is 0 Å². The number of rotatable bonds is 2. The minimum Gasteiger partial charge on any atom is -0.305 e. The highest BCUT2D eigenvalue weighted by atomic mass is 15.3. The summed E-state index contributed by atoms with van der Waals surface area (Å²) >= 11 is 0. The fourth-order valence-electron chi connectivity index (χ4n) is 5.09. The molecule has 2 heterocycles. The first kappa shape index (κ1) is 21.5. The van der Waals surface area contributed by atoms with Gasteiger partial charge in [-0.05, 0) is 44.6 Å². The van der Waals surface area contributed by atoms with Crippen LogP contribution in [0.5, 0.6) is 0 Å². The minimum atomic E-state index is 0.490. The molecule has 0 spiro atoms. The van der Waals surface area contributed by atoms with Gasteiger partial charge in [-0.1, -0.05) is 60.7 Å². The fourth-order valence-corrected chi connectivity index (χ4v) is 5.09. The topological polar surface area (TPSA) is 13.0 Å². The first-order valence-corrected chi connectivity index (χ1v) is 11.7. The van der Waals surface area contributed by atoms with Crippen LogP contribution in [0.15, 0.2) is 60.7 Å². The number of hydrogen-bond acceptors (Lipinski definition) is 4. The molecule has 4 atom stereocenters. The van der Waals surface area contributed by atoms with Gasteiger partial charge in [0.2, 0.25) is 0 Å². The predicted octanol–water partition coefficient (Wildman–Crippen LogP) is 3.74. The summed E-state index contributed by atoms with van der Waals surface area (Å²) in [5.41, 5.74) is 2.92. The van der Waals surface area contributed by atoms with Crippen LogP contribution in [0.2, 0.25) is 0 Å². The van der Waals surface area contributed by atoms with Crippen molar-refractivity contribution in [3.05, 3.63) is 71.8 Å². The lowest BCUT2D eigenvalue weighted by Crippen LogP contribution is -2.47. The zero-order valence-corrected chi connectivity index (χ0v) is 18.8. The van der Waals surface area contributed by atoms with E-state index in [1.807, 2.05) is 0 Å². The monoisotopic (exact) mass is 406 g/mol. The van der Waals surface area contributed by atoms with Crippen molar-refractivity contribution >= 4 is 0 Å². The molecule has 2 aromatic carbocycles. The van der Waals surface area contributed by atoms with Crippen LogP contribution in [-0.2, 0) is 0 Å². The first-order valence-electron chi connectivity index (χ1n) is 11.7. The summed E-state index contributed by atoms with van der Waals surface area (Å²) in [4.78, 5) is 10.6. The van der Waals surface area contributed by atoms with E-state index in [1.165, 1.54) is 43.6 Å². The minimum absolute atomic E-state index is 0.490. The molecule has 2 aromatic rings. The molecule has 30 heavy (non-hydrogen) atoms. The van der Waals surface area contributed by atoms with E-state index in [0.717, 1.165) is 32.7 Å². The molecule has 0 aromatic heterocycles. The molecule has 4 rings (SSSR count). The lowest BCUT2D eigenvalue weighted by Gasteiger charge is -2.40. The Balaban J connectivity index is 1.60. The summed E-state index contributed by atoms with van der Waals surface area (Å²) < 4.78 is 0. The lowest BCUT2D eigenvalue weighted by molar-refractivity contribution is 0.0836. The molecule has 2 aliphatic rings. The SMILES string of the molecule is CN1CCC(c2ccccc2)N2CCN(CCC(c3ccccc3)N(C)CC2)CC1. The van der Waals surface area contributed by atoms with Crippen LogP contribution in [0.4, 0.5) is 0 Å². The summed E-state index contributed by atoms with van der Waals surface area (Å²) in [5.74, 6) is 0. The number of benzene rings is 2. The van der Waals surface area contributed by atoms with Crippen molar-refractivity contribution in [2.45, 2.75) is 24.9 Å². The van der Waals surface area contributed by atoms with E-state index in [2.05, 4.69) is 94.4 Å². The number of hydrogen-bond donors (Lipinski definition) is 0. The Labute approximate surface area is 183 Å². The number of likely N-dealkylation sites (N-methyl/N-ethyl adjacent to an activating group) is 2. The molecule has 0 radical (unpaired) electrons. The number of fused-ring (bicyclic) bond motifs is 3. The van der Waals surface area contributed by atoms with E-state index in [9.17, 15) is 0 Å². The average Bonchev–Trinajstić information content (AvgIpc) is 2.79. The third-order valence-electron chi connectivity index (χ3n) is 7.09. The molecule has 4 nitrogen and oxygen atoms in total. The molecular formula is C26H38N4. The van der Waals surface area contributed by atoms with Crippen molar-refractivity contribution in [2.24, 2.45) is 0 Å². The van der Waals surface area contributed by atoms with Crippen LogP contribution in [-0.4, -0.2) is 86.1 Å². The van der Waals surface area contributed by atoms with E-state index in [4.69, 9.17) is 0 Å². The Hall–Kier alpha value is -1.72. The molecule has 2 bridgehead atoms. The summed E-state index contributed by atoms with van der Waals surface area (Å²) in [6.45, 7) is 9.22. The number of nitrogens with zero attached hydrogens (tertiary/aromatic N) is 4. The zero-order chi connectivity index (χ0) is 20.8. The van der Waals surface area contributed by atoms with Gasteiger partial charge >= 0.3 is 0 Å². The third kappa shape index (κ3) is 5.50. The third-order valence-corrected chi connectivity index (χ3v) is 7.09.